The molecule has 116 valence electrons. The number of guanidine groups is 1. The molecule has 0 saturated carbocycles. The number of nitrogens with one attached hydrogen (secondary N) is 2. The van der Waals surface area contributed by atoms with E-state index in [1.165, 1.54) is 5.56 Å². The van der Waals surface area contributed by atoms with Crippen molar-refractivity contribution in [2.24, 2.45) is 4.99 Å². The molecule has 4 heteroatoms. The number of halogens is 1. The van der Waals surface area contributed by atoms with Crippen LogP contribution in [0.4, 0.5) is 4.39 Å². The molecule has 0 radical (unpaired) electrons. The van der Waals surface area contributed by atoms with Crippen LogP contribution in [0.15, 0.2) is 53.5 Å². The van der Waals surface area contributed by atoms with Gasteiger partial charge in [0.2, 0.25) is 0 Å². The topological polar surface area (TPSA) is 36.4 Å². The lowest BCUT2D eigenvalue weighted by Crippen LogP contribution is -2.37. The van der Waals surface area contributed by atoms with Gasteiger partial charge in [-0.25, -0.2) is 4.39 Å². The van der Waals surface area contributed by atoms with Gasteiger partial charge in [-0.15, -0.1) is 0 Å². The van der Waals surface area contributed by atoms with Crippen LogP contribution in [0, 0.1) is 12.7 Å². The molecule has 2 rings (SSSR count). The van der Waals surface area contributed by atoms with E-state index < -0.39 is 0 Å². The van der Waals surface area contributed by atoms with Crippen LogP contribution < -0.4 is 10.6 Å². The van der Waals surface area contributed by atoms with Crippen LogP contribution in [0.25, 0.3) is 0 Å². The summed E-state index contributed by atoms with van der Waals surface area (Å²) < 4.78 is 13.5. The Balaban J connectivity index is 1.78. The fraction of sp³-hybridized carbons (Fsp3) is 0.278. The van der Waals surface area contributed by atoms with Gasteiger partial charge in [0.15, 0.2) is 5.96 Å². The predicted octanol–water partition coefficient (Wildman–Crippen LogP) is 3.04. The van der Waals surface area contributed by atoms with Gasteiger partial charge in [-0.05, 0) is 36.1 Å². The van der Waals surface area contributed by atoms with Gasteiger partial charge in [-0.2, -0.15) is 0 Å². The Morgan fingerprint density at radius 2 is 1.82 bits per heavy atom. The third-order valence-electron chi connectivity index (χ3n) is 3.47. The second-order valence-corrected chi connectivity index (χ2v) is 5.17. The number of hydrogen-bond acceptors (Lipinski definition) is 1. The minimum atomic E-state index is -0.175. The average molecular weight is 299 g/mol. The first-order valence-electron chi connectivity index (χ1n) is 7.42. The maximum absolute atomic E-state index is 13.5. The van der Waals surface area contributed by atoms with E-state index in [-0.39, 0.29) is 5.82 Å². The van der Waals surface area contributed by atoms with Crippen LogP contribution in [0.3, 0.4) is 0 Å². The van der Waals surface area contributed by atoms with Crippen molar-refractivity contribution >= 4 is 5.96 Å². The van der Waals surface area contributed by atoms with Gasteiger partial charge in [-0.1, -0.05) is 42.5 Å². The molecule has 0 aliphatic rings. The Kier molecular flexibility index (Phi) is 5.95. The second kappa shape index (κ2) is 8.17. The van der Waals surface area contributed by atoms with E-state index in [4.69, 9.17) is 0 Å². The number of aryl methyl sites for hydroxylation is 1. The first-order valence-corrected chi connectivity index (χ1v) is 7.42. The molecular formula is C18H22FN3. The Hall–Kier alpha value is -2.36. The summed E-state index contributed by atoms with van der Waals surface area (Å²) in [5.41, 5.74) is 2.84. The van der Waals surface area contributed by atoms with Crippen LogP contribution in [-0.4, -0.2) is 19.6 Å². The third-order valence-corrected chi connectivity index (χ3v) is 3.47. The predicted molar refractivity (Wildman–Crippen MR) is 89.5 cm³/mol. The van der Waals surface area contributed by atoms with Crippen molar-refractivity contribution in [1.82, 2.24) is 10.6 Å². The molecule has 0 aliphatic heterocycles. The summed E-state index contributed by atoms with van der Waals surface area (Å²) in [6.45, 7) is 3.10. The summed E-state index contributed by atoms with van der Waals surface area (Å²) in [4.78, 5) is 4.17. The standard InChI is InChI=1S/C18H22FN3/c1-14-8-9-16(12-17(14)19)13-22-18(20-2)21-11-10-15-6-4-3-5-7-15/h3-9,12H,10-11,13H2,1-2H3,(H2,20,21,22). The maximum Gasteiger partial charge on any atom is 0.191 e. The Morgan fingerprint density at radius 1 is 1.05 bits per heavy atom. The van der Waals surface area contributed by atoms with Gasteiger partial charge in [-0.3, -0.25) is 4.99 Å². The Bertz CT molecular complexity index is 623. The quantitative estimate of drug-likeness (QED) is 0.657. The molecule has 3 nitrogen and oxygen atoms in total. The number of nitrogens with zero attached hydrogens (tertiary/aromatic N) is 1. The molecular weight excluding hydrogens is 277 g/mol. The van der Waals surface area contributed by atoms with E-state index >= 15 is 0 Å². The first kappa shape index (κ1) is 16.0. The van der Waals surface area contributed by atoms with Crippen molar-refractivity contribution in [3.8, 4) is 0 Å². The fourth-order valence-corrected chi connectivity index (χ4v) is 2.12. The molecule has 22 heavy (non-hydrogen) atoms. The van der Waals surface area contributed by atoms with Crippen molar-refractivity contribution in [2.75, 3.05) is 13.6 Å². The molecule has 2 aromatic rings. The second-order valence-electron chi connectivity index (χ2n) is 5.17. The van der Waals surface area contributed by atoms with E-state index in [1.807, 2.05) is 24.3 Å². The summed E-state index contributed by atoms with van der Waals surface area (Å²) in [6, 6.07) is 15.6. The number of hydrogen-bond donors (Lipinski definition) is 2. The number of aliphatic imine (C=N–C) groups is 1. The zero-order chi connectivity index (χ0) is 15.8. The van der Waals surface area contributed by atoms with Gasteiger partial charge in [0, 0.05) is 20.1 Å². The van der Waals surface area contributed by atoms with Crippen molar-refractivity contribution in [3.63, 3.8) is 0 Å². The van der Waals surface area contributed by atoms with E-state index in [1.54, 1.807) is 26.1 Å². The lowest BCUT2D eigenvalue weighted by Gasteiger charge is -2.12. The van der Waals surface area contributed by atoms with Crippen LogP contribution in [0.2, 0.25) is 0 Å². The minimum absolute atomic E-state index is 0.175. The molecule has 0 bridgehead atoms. The van der Waals surface area contributed by atoms with Gasteiger partial charge in [0.25, 0.3) is 0 Å². The van der Waals surface area contributed by atoms with Crippen molar-refractivity contribution in [2.45, 2.75) is 19.9 Å². The van der Waals surface area contributed by atoms with Crippen molar-refractivity contribution < 1.29 is 4.39 Å². The maximum atomic E-state index is 13.5. The molecule has 0 heterocycles. The average Bonchev–Trinajstić information content (AvgIpc) is 2.55. The zero-order valence-electron chi connectivity index (χ0n) is 13.1. The van der Waals surface area contributed by atoms with E-state index in [0.29, 0.717) is 12.1 Å². The first-order chi connectivity index (χ1) is 10.7. The lowest BCUT2D eigenvalue weighted by molar-refractivity contribution is 0.615. The van der Waals surface area contributed by atoms with Crippen LogP contribution in [0.1, 0.15) is 16.7 Å². The molecule has 0 aromatic heterocycles. The molecule has 0 spiro atoms. The largest absolute Gasteiger partial charge is 0.356 e. The summed E-state index contributed by atoms with van der Waals surface area (Å²) in [5, 5.41) is 6.45. The molecule has 0 saturated heterocycles. The van der Waals surface area contributed by atoms with Crippen LogP contribution in [0.5, 0.6) is 0 Å². The highest BCUT2D eigenvalue weighted by Crippen LogP contribution is 2.08. The number of benzene rings is 2. The normalized spacial score (nSPS) is 11.3. The monoisotopic (exact) mass is 299 g/mol. The van der Waals surface area contributed by atoms with Crippen LogP contribution in [-0.2, 0) is 13.0 Å². The van der Waals surface area contributed by atoms with E-state index in [2.05, 4.69) is 27.8 Å². The summed E-state index contributed by atoms with van der Waals surface area (Å²) in [6.07, 6.45) is 0.931. The molecule has 2 aromatic carbocycles. The summed E-state index contributed by atoms with van der Waals surface area (Å²) >= 11 is 0. The smallest absolute Gasteiger partial charge is 0.191 e. The molecule has 2 N–H and O–H groups in total. The Morgan fingerprint density at radius 3 is 2.50 bits per heavy atom. The lowest BCUT2D eigenvalue weighted by atomic mass is 10.1. The van der Waals surface area contributed by atoms with Crippen molar-refractivity contribution in [3.05, 3.63) is 71.0 Å². The van der Waals surface area contributed by atoms with E-state index in [0.717, 1.165) is 24.5 Å². The SMILES string of the molecule is CN=C(NCCc1ccccc1)NCc1ccc(C)c(F)c1. The number of rotatable bonds is 5. The molecule has 0 fully saturated rings. The Labute approximate surface area is 131 Å². The van der Waals surface area contributed by atoms with E-state index in [9.17, 15) is 4.39 Å². The molecule has 0 amide bonds. The van der Waals surface area contributed by atoms with Crippen LogP contribution >= 0.6 is 0 Å². The molecule has 0 unspecified atom stereocenters. The fourth-order valence-electron chi connectivity index (χ4n) is 2.12. The molecule has 0 aliphatic carbocycles. The van der Waals surface area contributed by atoms with Crippen molar-refractivity contribution in [1.29, 1.82) is 0 Å². The van der Waals surface area contributed by atoms with Gasteiger partial charge in [0.1, 0.15) is 5.82 Å². The van der Waals surface area contributed by atoms with Gasteiger partial charge >= 0.3 is 0 Å². The van der Waals surface area contributed by atoms with Gasteiger partial charge in [0.05, 0.1) is 0 Å². The third kappa shape index (κ3) is 4.88. The summed E-state index contributed by atoms with van der Waals surface area (Å²) in [5.74, 6) is 0.545. The molecule has 0 atom stereocenters. The highest BCUT2D eigenvalue weighted by molar-refractivity contribution is 5.79. The minimum Gasteiger partial charge on any atom is -0.356 e. The highest BCUT2D eigenvalue weighted by Gasteiger charge is 2.01. The summed E-state index contributed by atoms with van der Waals surface area (Å²) in [7, 11) is 1.73. The van der Waals surface area contributed by atoms with Gasteiger partial charge < -0.3 is 10.6 Å². The zero-order valence-corrected chi connectivity index (χ0v) is 13.1. The highest BCUT2D eigenvalue weighted by atomic mass is 19.1.